The molecule has 10 nitrogen and oxygen atoms in total. The fourth-order valence-electron chi connectivity index (χ4n) is 5.00. The zero-order valence-corrected chi connectivity index (χ0v) is 26.7. The molecule has 2 aromatic carbocycles. The van der Waals surface area contributed by atoms with Crippen molar-refractivity contribution in [1.29, 1.82) is 0 Å². The van der Waals surface area contributed by atoms with Gasteiger partial charge in [0.1, 0.15) is 29.5 Å². The second-order valence-electron chi connectivity index (χ2n) is 10.6. The van der Waals surface area contributed by atoms with Gasteiger partial charge in [-0.15, -0.1) is 0 Å². The van der Waals surface area contributed by atoms with Gasteiger partial charge in [-0.1, -0.05) is 60.4 Å². The lowest BCUT2D eigenvalue weighted by Gasteiger charge is -2.18. The Morgan fingerprint density at radius 1 is 1.02 bits per heavy atom. The third-order valence-electron chi connectivity index (χ3n) is 7.47. The van der Waals surface area contributed by atoms with E-state index < -0.39 is 6.04 Å². The Hall–Kier alpha value is -4.46. The molecule has 0 aliphatic heterocycles. The number of hydrogen-bond acceptors (Lipinski definition) is 8. The van der Waals surface area contributed by atoms with Crippen molar-refractivity contribution in [2.45, 2.75) is 51.2 Å². The summed E-state index contributed by atoms with van der Waals surface area (Å²) in [6, 6.07) is 11.6. The zero-order chi connectivity index (χ0) is 31.6. The van der Waals surface area contributed by atoms with E-state index in [0.717, 1.165) is 36.8 Å². The summed E-state index contributed by atoms with van der Waals surface area (Å²) in [6.45, 7) is 0.603. The summed E-state index contributed by atoms with van der Waals surface area (Å²) >= 11 is 12.4. The number of methoxy groups -OCH3 is 2. The van der Waals surface area contributed by atoms with Gasteiger partial charge in [0, 0.05) is 59.1 Å². The Bertz CT molecular complexity index is 1660. The predicted octanol–water partition coefficient (Wildman–Crippen LogP) is 6.28. The smallest absolute Gasteiger partial charge is 0.255 e. The van der Waals surface area contributed by atoms with Crippen LogP contribution in [0.2, 0.25) is 10.0 Å². The van der Waals surface area contributed by atoms with E-state index in [9.17, 15) is 4.79 Å². The highest BCUT2D eigenvalue weighted by Crippen LogP contribution is 2.26. The molecule has 1 amide bonds. The summed E-state index contributed by atoms with van der Waals surface area (Å²) in [4.78, 5) is 27.1. The average Bonchev–Trinajstić information content (AvgIpc) is 3.61. The third kappa shape index (κ3) is 8.81. The van der Waals surface area contributed by atoms with Crippen molar-refractivity contribution in [1.82, 2.24) is 24.8 Å². The molecule has 12 heteroatoms. The highest BCUT2D eigenvalue weighted by atomic mass is 35.5. The number of aromatic nitrogens is 4. The normalized spacial score (nSPS) is 13.7. The summed E-state index contributed by atoms with van der Waals surface area (Å²) in [6.07, 6.45) is 10.7. The first-order valence-corrected chi connectivity index (χ1v) is 15.5. The molecule has 3 N–H and O–H groups in total. The number of imidazole rings is 1. The van der Waals surface area contributed by atoms with Gasteiger partial charge in [-0.05, 0) is 42.7 Å². The largest absolute Gasteiger partial charge is 0.497 e. The molecule has 1 aliphatic rings. The number of carbonyl (C=O) groups excluding carboxylic acids is 1. The maximum Gasteiger partial charge on any atom is 0.255 e. The fraction of sp³-hybridized carbons (Fsp3) is 0.333. The second kappa shape index (κ2) is 15.5. The van der Waals surface area contributed by atoms with Gasteiger partial charge >= 0.3 is 0 Å². The molecule has 2 aromatic heterocycles. The van der Waals surface area contributed by atoms with Crippen LogP contribution in [0.25, 0.3) is 5.82 Å². The molecular formula is C33H35Cl2N7O3. The first-order chi connectivity index (χ1) is 21.9. The SMILES string of the molecule is COc1ccc(CNc2nc(NC(C#CC3CCCCC3)C(=O)NCc3ccc(Cl)cc3Cl)cc(-n3ccnc3)n2)c(OC)c1. The molecule has 0 radical (unpaired) electrons. The third-order valence-corrected chi connectivity index (χ3v) is 8.06. The van der Waals surface area contributed by atoms with Crippen LogP contribution in [-0.4, -0.2) is 45.7 Å². The number of nitrogens with zero attached hydrogens (tertiary/aromatic N) is 4. The molecule has 1 atom stereocenters. The van der Waals surface area contributed by atoms with Crippen LogP contribution in [0.4, 0.5) is 11.8 Å². The van der Waals surface area contributed by atoms with Crippen LogP contribution in [0, 0.1) is 17.8 Å². The predicted molar refractivity (Wildman–Crippen MR) is 176 cm³/mol. The van der Waals surface area contributed by atoms with E-state index in [1.54, 1.807) is 61.8 Å². The van der Waals surface area contributed by atoms with Gasteiger partial charge < -0.3 is 25.4 Å². The van der Waals surface area contributed by atoms with Crippen LogP contribution in [0.1, 0.15) is 43.2 Å². The Morgan fingerprint density at radius 3 is 2.58 bits per heavy atom. The number of hydrogen-bond donors (Lipinski definition) is 3. The number of amides is 1. The molecule has 0 bridgehead atoms. The number of carbonyl (C=O) groups is 1. The highest BCUT2D eigenvalue weighted by molar-refractivity contribution is 6.35. The molecule has 2 heterocycles. The molecular weight excluding hydrogens is 613 g/mol. The lowest BCUT2D eigenvalue weighted by Crippen LogP contribution is -2.39. The summed E-state index contributed by atoms with van der Waals surface area (Å²) in [5.41, 5.74) is 1.64. The molecule has 4 aromatic rings. The van der Waals surface area contributed by atoms with E-state index in [2.05, 4.69) is 37.8 Å². The molecule has 1 aliphatic carbocycles. The minimum atomic E-state index is -0.877. The number of ether oxygens (including phenoxy) is 2. The van der Waals surface area contributed by atoms with Crippen molar-refractivity contribution in [3.05, 3.63) is 82.4 Å². The molecule has 1 saturated carbocycles. The van der Waals surface area contributed by atoms with Gasteiger partial charge in [0.05, 0.1) is 14.2 Å². The minimum absolute atomic E-state index is 0.221. The van der Waals surface area contributed by atoms with Crippen molar-refractivity contribution in [2.24, 2.45) is 5.92 Å². The van der Waals surface area contributed by atoms with E-state index in [1.165, 1.54) is 6.42 Å². The van der Waals surface area contributed by atoms with Crippen molar-refractivity contribution in [3.63, 3.8) is 0 Å². The summed E-state index contributed by atoms with van der Waals surface area (Å²) in [5, 5.41) is 10.5. The highest BCUT2D eigenvalue weighted by Gasteiger charge is 2.20. The van der Waals surface area contributed by atoms with Gasteiger partial charge in [-0.3, -0.25) is 9.36 Å². The lowest BCUT2D eigenvalue weighted by molar-refractivity contribution is -0.120. The molecule has 5 rings (SSSR count). The van der Waals surface area contributed by atoms with E-state index in [4.69, 9.17) is 37.7 Å². The van der Waals surface area contributed by atoms with Gasteiger partial charge in [-0.25, -0.2) is 4.98 Å². The van der Waals surface area contributed by atoms with E-state index >= 15 is 0 Å². The number of rotatable bonds is 11. The number of halogens is 2. The van der Waals surface area contributed by atoms with E-state index in [1.807, 2.05) is 18.2 Å². The maximum atomic E-state index is 13.6. The summed E-state index contributed by atoms with van der Waals surface area (Å²) in [7, 11) is 3.22. The molecule has 45 heavy (non-hydrogen) atoms. The van der Waals surface area contributed by atoms with E-state index in [-0.39, 0.29) is 18.4 Å². The molecule has 234 valence electrons. The molecule has 1 unspecified atom stereocenters. The van der Waals surface area contributed by atoms with Crippen LogP contribution < -0.4 is 25.4 Å². The van der Waals surface area contributed by atoms with Crippen molar-refractivity contribution < 1.29 is 14.3 Å². The first-order valence-electron chi connectivity index (χ1n) is 14.7. The quantitative estimate of drug-likeness (QED) is 0.163. The van der Waals surface area contributed by atoms with Crippen LogP contribution in [-0.2, 0) is 17.9 Å². The standard InChI is InChI=1S/C33H35Cl2N7O3/c1-44-26-12-10-24(29(17-26)45-2)20-38-33-40-30(18-31(41-33)42-15-14-36-21-42)39-28(13-8-22-6-4-3-5-7-22)32(43)37-19-23-9-11-25(34)16-27(23)35/h9-12,14-18,21-22,28H,3-7,19-20H2,1-2H3,(H,37,43)(H2,38,39,40,41). The Kier molecular flexibility index (Phi) is 11.0. The van der Waals surface area contributed by atoms with Crippen LogP contribution in [0.5, 0.6) is 11.5 Å². The topological polar surface area (TPSA) is 115 Å². The van der Waals surface area contributed by atoms with Gasteiger partial charge in [0.25, 0.3) is 5.91 Å². The minimum Gasteiger partial charge on any atom is -0.497 e. The number of benzene rings is 2. The van der Waals surface area contributed by atoms with Gasteiger partial charge in [0.15, 0.2) is 6.04 Å². The number of nitrogens with one attached hydrogen (secondary N) is 3. The average molecular weight is 649 g/mol. The molecule has 0 spiro atoms. The number of anilines is 2. The lowest BCUT2D eigenvalue weighted by atomic mass is 9.89. The monoisotopic (exact) mass is 647 g/mol. The maximum absolute atomic E-state index is 13.6. The Morgan fingerprint density at radius 2 is 1.84 bits per heavy atom. The molecule has 0 saturated heterocycles. The van der Waals surface area contributed by atoms with E-state index in [0.29, 0.717) is 45.7 Å². The second-order valence-corrected chi connectivity index (χ2v) is 11.4. The van der Waals surface area contributed by atoms with Gasteiger partial charge in [-0.2, -0.15) is 9.97 Å². The van der Waals surface area contributed by atoms with Gasteiger partial charge in [0.2, 0.25) is 5.95 Å². The van der Waals surface area contributed by atoms with Crippen molar-refractivity contribution in [3.8, 4) is 29.2 Å². The van der Waals surface area contributed by atoms with Crippen molar-refractivity contribution >= 4 is 40.9 Å². The Balaban J connectivity index is 1.40. The zero-order valence-electron chi connectivity index (χ0n) is 25.1. The van der Waals surface area contributed by atoms with Crippen molar-refractivity contribution in [2.75, 3.05) is 24.9 Å². The van der Waals surface area contributed by atoms with Crippen LogP contribution >= 0.6 is 23.2 Å². The molecule has 1 fully saturated rings. The first kappa shape index (κ1) is 31.9. The summed E-state index contributed by atoms with van der Waals surface area (Å²) < 4.78 is 12.6. The fourth-order valence-corrected chi connectivity index (χ4v) is 5.47. The summed E-state index contributed by atoms with van der Waals surface area (Å²) in [5.74, 6) is 9.18. The Labute approximate surface area is 272 Å². The van der Waals surface area contributed by atoms with Crippen LogP contribution in [0.15, 0.2) is 61.2 Å². The van der Waals surface area contributed by atoms with Crippen LogP contribution in [0.3, 0.4) is 0 Å².